The van der Waals surface area contributed by atoms with Crippen molar-refractivity contribution in [3.63, 3.8) is 0 Å². The number of nitrogens with zero attached hydrogens (tertiary/aromatic N) is 4. The molecular weight excluding hydrogens is 432 g/mol. The molecule has 9 heteroatoms. The van der Waals surface area contributed by atoms with Gasteiger partial charge in [0.15, 0.2) is 0 Å². The number of thiocarbonyl (C=S) groups is 1. The minimum Gasteiger partial charge on any atom is -0.385 e. The van der Waals surface area contributed by atoms with Crippen LogP contribution in [0.15, 0.2) is 9.70 Å². The van der Waals surface area contributed by atoms with Crippen molar-refractivity contribution in [1.82, 2.24) is 9.47 Å². The van der Waals surface area contributed by atoms with Crippen molar-refractivity contribution in [3.05, 3.63) is 31.9 Å². The summed E-state index contributed by atoms with van der Waals surface area (Å²) in [5.41, 5.74) is 1.23. The first-order valence-electron chi connectivity index (χ1n) is 10.6. The Bertz CT molecular complexity index is 1000. The van der Waals surface area contributed by atoms with Crippen LogP contribution in [0.3, 0.4) is 0 Å². The van der Waals surface area contributed by atoms with E-state index in [1.807, 2.05) is 13.0 Å². The fraction of sp³-hybridized carbons (Fsp3) is 0.545. The van der Waals surface area contributed by atoms with Gasteiger partial charge in [0.2, 0.25) is 0 Å². The highest BCUT2D eigenvalue weighted by atomic mass is 32.2. The Labute approximate surface area is 192 Å². The third kappa shape index (κ3) is 4.71. The fourth-order valence-corrected chi connectivity index (χ4v) is 5.37. The number of pyridine rings is 1. The summed E-state index contributed by atoms with van der Waals surface area (Å²) in [6.07, 6.45) is 5.79. The predicted molar refractivity (Wildman–Crippen MR) is 128 cm³/mol. The molecule has 1 aromatic heterocycles. The number of piperidine rings is 1. The third-order valence-electron chi connectivity index (χ3n) is 5.70. The van der Waals surface area contributed by atoms with Gasteiger partial charge in [-0.2, -0.15) is 5.26 Å². The van der Waals surface area contributed by atoms with E-state index in [-0.39, 0.29) is 17.0 Å². The molecule has 0 unspecified atom stereocenters. The number of hydrogen-bond donors (Lipinski definition) is 0. The van der Waals surface area contributed by atoms with Crippen LogP contribution in [0.2, 0.25) is 0 Å². The molecule has 2 aliphatic rings. The van der Waals surface area contributed by atoms with Gasteiger partial charge in [-0.05, 0) is 51.2 Å². The lowest BCUT2D eigenvalue weighted by molar-refractivity contribution is -0.122. The Kier molecular flexibility index (Phi) is 7.92. The van der Waals surface area contributed by atoms with Crippen LogP contribution < -0.4 is 10.5 Å². The second-order valence-electron chi connectivity index (χ2n) is 7.63. The highest BCUT2D eigenvalue weighted by Crippen LogP contribution is 2.36. The van der Waals surface area contributed by atoms with Gasteiger partial charge in [-0.15, -0.1) is 0 Å². The summed E-state index contributed by atoms with van der Waals surface area (Å²) in [5, 5.41) is 9.65. The van der Waals surface area contributed by atoms with Crippen molar-refractivity contribution < 1.29 is 9.53 Å². The number of anilines is 1. The number of methoxy groups -OCH3 is 1. The molecule has 3 heterocycles. The molecule has 0 atom stereocenters. The Morgan fingerprint density at radius 1 is 1.26 bits per heavy atom. The maximum Gasteiger partial charge on any atom is 0.270 e. The zero-order valence-corrected chi connectivity index (χ0v) is 19.9. The Morgan fingerprint density at radius 2 is 1.97 bits per heavy atom. The van der Waals surface area contributed by atoms with Gasteiger partial charge in [0.05, 0.1) is 4.91 Å². The molecular formula is C22H28N4O3S2. The number of carbonyl (C=O) groups excluding carboxylic acids is 1. The molecule has 7 nitrogen and oxygen atoms in total. The molecule has 166 valence electrons. The molecule has 2 fully saturated rings. The molecule has 0 aromatic carbocycles. The van der Waals surface area contributed by atoms with E-state index in [4.69, 9.17) is 17.0 Å². The lowest BCUT2D eigenvalue weighted by atomic mass is 10.0. The summed E-state index contributed by atoms with van der Waals surface area (Å²) in [5.74, 6) is 0.663. The van der Waals surface area contributed by atoms with E-state index in [0.717, 1.165) is 43.7 Å². The first kappa shape index (κ1) is 23.5. The van der Waals surface area contributed by atoms with Crippen LogP contribution in [0.4, 0.5) is 5.82 Å². The fourth-order valence-electron chi connectivity index (χ4n) is 4.07. The third-order valence-corrected chi connectivity index (χ3v) is 7.08. The molecule has 0 radical (unpaired) electrons. The van der Waals surface area contributed by atoms with Gasteiger partial charge < -0.3 is 9.64 Å². The van der Waals surface area contributed by atoms with Crippen molar-refractivity contribution in [3.8, 4) is 6.07 Å². The van der Waals surface area contributed by atoms with E-state index >= 15 is 0 Å². The molecule has 31 heavy (non-hydrogen) atoms. The van der Waals surface area contributed by atoms with Gasteiger partial charge in [0.25, 0.3) is 11.5 Å². The molecule has 1 amide bonds. The number of hydrogen-bond acceptors (Lipinski definition) is 7. The maximum absolute atomic E-state index is 13.1. The van der Waals surface area contributed by atoms with Gasteiger partial charge >= 0.3 is 0 Å². The van der Waals surface area contributed by atoms with Crippen LogP contribution in [0.1, 0.15) is 49.3 Å². The van der Waals surface area contributed by atoms with Crippen LogP contribution >= 0.6 is 24.0 Å². The van der Waals surface area contributed by atoms with Crippen LogP contribution in [-0.4, -0.2) is 53.0 Å². The van der Waals surface area contributed by atoms with Crippen LogP contribution in [0.5, 0.6) is 0 Å². The van der Waals surface area contributed by atoms with Gasteiger partial charge in [-0.3, -0.25) is 19.1 Å². The monoisotopic (exact) mass is 460 g/mol. The Balaban J connectivity index is 2.11. The molecule has 3 rings (SSSR count). The topological polar surface area (TPSA) is 78.6 Å². The minimum absolute atomic E-state index is 0.129. The number of carbonyl (C=O) groups is 1. The van der Waals surface area contributed by atoms with Gasteiger partial charge in [0, 0.05) is 45.5 Å². The standard InChI is InChI=1S/C22H28N4O3S2/c1-4-25-19(24-9-6-5-7-10-24)16(15(2)17(14-23)20(25)27)13-18-21(28)26(22(30)31-18)11-8-12-29-3/h13H,4-12H2,1-3H3. The normalized spacial score (nSPS) is 18.2. The first-order valence-corrected chi connectivity index (χ1v) is 11.8. The van der Waals surface area contributed by atoms with E-state index in [0.29, 0.717) is 40.9 Å². The van der Waals surface area contributed by atoms with Crippen molar-refractivity contribution >= 4 is 46.1 Å². The molecule has 0 spiro atoms. The number of ether oxygens (including phenoxy) is 1. The van der Waals surface area contributed by atoms with E-state index in [1.165, 1.54) is 11.8 Å². The lowest BCUT2D eigenvalue weighted by Crippen LogP contribution is -2.37. The predicted octanol–water partition coefficient (Wildman–Crippen LogP) is 3.28. The molecule has 2 aliphatic heterocycles. The van der Waals surface area contributed by atoms with Crippen LogP contribution in [-0.2, 0) is 16.1 Å². The number of aromatic nitrogens is 1. The number of nitriles is 1. The minimum atomic E-state index is -0.271. The Hall–Kier alpha value is -2.15. The van der Waals surface area contributed by atoms with Gasteiger partial charge in [-0.25, -0.2) is 0 Å². The van der Waals surface area contributed by atoms with Crippen molar-refractivity contribution in [2.75, 3.05) is 38.3 Å². The molecule has 1 aromatic rings. The zero-order chi connectivity index (χ0) is 22.5. The quantitative estimate of drug-likeness (QED) is 0.351. The van der Waals surface area contributed by atoms with E-state index in [1.54, 1.807) is 23.5 Å². The molecule has 0 saturated carbocycles. The van der Waals surface area contributed by atoms with Crippen LogP contribution in [0, 0.1) is 18.3 Å². The van der Waals surface area contributed by atoms with E-state index in [2.05, 4.69) is 11.0 Å². The van der Waals surface area contributed by atoms with Crippen molar-refractivity contribution in [2.24, 2.45) is 0 Å². The summed E-state index contributed by atoms with van der Waals surface area (Å²) >= 11 is 6.71. The highest BCUT2D eigenvalue weighted by molar-refractivity contribution is 8.26. The van der Waals surface area contributed by atoms with E-state index in [9.17, 15) is 14.9 Å². The average molecular weight is 461 g/mol. The number of thioether (sulfide) groups is 1. The summed E-state index contributed by atoms with van der Waals surface area (Å²) in [6.45, 7) is 6.92. The second-order valence-corrected chi connectivity index (χ2v) is 9.30. The van der Waals surface area contributed by atoms with Crippen molar-refractivity contribution in [2.45, 2.75) is 46.1 Å². The first-order chi connectivity index (χ1) is 14.9. The van der Waals surface area contributed by atoms with Gasteiger partial charge in [0.1, 0.15) is 21.8 Å². The second kappa shape index (κ2) is 10.4. The molecule has 2 saturated heterocycles. The Morgan fingerprint density at radius 3 is 2.58 bits per heavy atom. The smallest absolute Gasteiger partial charge is 0.270 e. The largest absolute Gasteiger partial charge is 0.385 e. The van der Waals surface area contributed by atoms with E-state index < -0.39 is 0 Å². The lowest BCUT2D eigenvalue weighted by Gasteiger charge is -2.33. The number of rotatable bonds is 7. The molecule has 0 aliphatic carbocycles. The zero-order valence-electron chi connectivity index (χ0n) is 18.3. The summed E-state index contributed by atoms with van der Waals surface area (Å²) in [6, 6.07) is 2.07. The maximum atomic E-state index is 13.1. The SMILES string of the molecule is CCn1c(N2CCCCC2)c(C=C2SC(=S)N(CCCOC)C2=O)c(C)c(C#N)c1=O. The number of amides is 1. The highest BCUT2D eigenvalue weighted by Gasteiger charge is 2.33. The molecule has 0 bridgehead atoms. The summed E-state index contributed by atoms with van der Waals surface area (Å²) < 4.78 is 7.28. The summed E-state index contributed by atoms with van der Waals surface area (Å²) in [4.78, 5) is 30.4. The summed E-state index contributed by atoms with van der Waals surface area (Å²) in [7, 11) is 1.63. The average Bonchev–Trinajstić information content (AvgIpc) is 3.03. The molecule has 0 N–H and O–H groups in total. The van der Waals surface area contributed by atoms with Crippen molar-refractivity contribution in [1.29, 1.82) is 5.26 Å². The van der Waals surface area contributed by atoms with Gasteiger partial charge in [-0.1, -0.05) is 24.0 Å². The van der Waals surface area contributed by atoms with Crippen LogP contribution in [0.25, 0.3) is 6.08 Å².